The Morgan fingerprint density at radius 3 is 2.68 bits per heavy atom. The summed E-state index contributed by atoms with van der Waals surface area (Å²) < 4.78 is 20.3. The van der Waals surface area contributed by atoms with E-state index in [0.717, 1.165) is 6.07 Å². The second-order valence-corrected chi connectivity index (χ2v) is 5.83. The van der Waals surface area contributed by atoms with Crippen LogP contribution in [-0.4, -0.2) is 17.1 Å². The van der Waals surface area contributed by atoms with Crippen LogP contribution in [0.1, 0.15) is 31.1 Å². The Balaban J connectivity index is 2.79. The van der Waals surface area contributed by atoms with E-state index in [1.54, 1.807) is 11.5 Å². The van der Waals surface area contributed by atoms with Crippen LogP contribution in [0, 0.1) is 11.7 Å². The largest absolute Gasteiger partial charge is 0.462 e. The lowest BCUT2D eigenvalue weighted by atomic mass is 10.1. The molecule has 0 saturated carbocycles. The first kappa shape index (κ1) is 16.5. The summed E-state index contributed by atoms with van der Waals surface area (Å²) >= 11 is 5.82. The van der Waals surface area contributed by atoms with E-state index >= 15 is 0 Å². The average molecular weight is 326 g/mol. The number of benzene rings is 1. The summed E-state index contributed by atoms with van der Waals surface area (Å²) in [5.74, 6) is -1.13. The summed E-state index contributed by atoms with van der Waals surface area (Å²) in [6.07, 6.45) is 1.46. The summed E-state index contributed by atoms with van der Waals surface area (Å²) in [5, 5.41) is 0.0568. The standard InChI is InChI=1S/C16H17ClFNO3/c1-4-22-16(21)11-8-19(7-9(2)3)14-6-12(17)13(18)5-10(14)15(11)20/h5-6,8-9H,4,7H2,1-3H3. The van der Waals surface area contributed by atoms with Crippen molar-refractivity contribution in [3.05, 3.63) is 45.0 Å². The van der Waals surface area contributed by atoms with E-state index in [1.165, 1.54) is 12.3 Å². The minimum atomic E-state index is -0.706. The third kappa shape index (κ3) is 3.14. The van der Waals surface area contributed by atoms with Gasteiger partial charge in [0.05, 0.1) is 17.1 Å². The minimum absolute atomic E-state index is 0.0618. The molecule has 1 heterocycles. The number of fused-ring (bicyclic) bond motifs is 1. The highest BCUT2D eigenvalue weighted by Gasteiger charge is 2.18. The lowest BCUT2D eigenvalue weighted by Crippen LogP contribution is -2.22. The molecule has 0 bridgehead atoms. The fourth-order valence-corrected chi connectivity index (χ4v) is 2.44. The molecule has 2 rings (SSSR count). The first-order chi connectivity index (χ1) is 10.3. The number of rotatable bonds is 4. The van der Waals surface area contributed by atoms with Crippen LogP contribution in [0.15, 0.2) is 23.1 Å². The van der Waals surface area contributed by atoms with Crippen LogP contribution in [0.2, 0.25) is 5.02 Å². The molecular formula is C16H17ClFNO3. The maximum Gasteiger partial charge on any atom is 0.343 e. The predicted octanol–water partition coefficient (Wildman–Crippen LogP) is 3.63. The number of esters is 1. The van der Waals surface area contributed by atoms with E-state index in [4.69, 9.17) is 16.3 Å². The van der Waals surface area contributed by atoms with Crippen molar-refractivity contribution in [2.75, 3.05) is 6.61 Å². The van der Waals surface area contributed by atoms with E-state index in [9.17, 15) is 14.0 Å². The van der Waals surface area contributed by atoms with Crippen molar-refractivity contribution < 1.29 is 13.9 Å². The van der Waals surface area contributed by atoms with Crippen LogP contribution in [0.3, 0.4) is 0 Å². The van der Waals surface area contributed by atoms with Gasteiger partial charge >= 0.3 is 5.97 Å². The summed E-state index contributed by atoms with van der Waals surface area (Å²) in [6.45, 7) is 6.38. The summed E-state index contributed by atoms with van der Waals surface area (Å²) in [4.78, 5) is 24.4. The normalized spacial score (nSPS) is 11.2. The van der Waals surface area contributed by atoms with Crippen molar-refractivity contribution >= 4 is 28.5 Å². The molecule has 0 aliphatic heterocycles. The van der Waals surface area contributed by atoms with E-state index in [2.05, 4.69) is 0 Å². The SMILES string of the molecule is CCOC(=O)c1cn(CC(C)C)c2cc(Cl)c(F)cc2c1=O. The number of hydrogen-bond donors (Lipinski definition) is 0. The van der Waals surface area contributed by atoms with Crippen molar-refractivity contribution in [1.82, 2.24) is 4.57 Å². The molecule has 1 aromatic carbocycles. The lowest BCUT2D eigenvalue weighted by molar-refractivity contribution is 0.0524. The monoisotopic (exact) mass is 325 g/mol. The minimum Gasteiger partial charge on any atom is -0.462 e. The Hall–Kier alpha value is -1.88. The number of carbonyl (C=O) groups excluding carboxylic acids is 1. The Morgan fingerprint density at radius 1 is 1.41 bits per heavy atom. The highest BCUT2D eigenvalue weighted by Crippen LogP contribution is 2.22. The molecule has 0 spiro atoms. The third-order valence-corrected chi connectivity index (χ3v) is 3.47. The van der Waals surface area contributed by atoms with Gasteiger partial charge < -0.3 is 9.30 Å². The highest BCUT2D eigenvalue weighted by molar-refractivity contribution is 6.31. The van der Waals surface area contributed by atoms with Crippen molar-refractivity contribution in [3.63, 3.8) is 0 Å². The van der Waals surface area contributed by atoms with Gasteiger partial charge in [-0.3, -0.25) is 4.79 Å². The van der Waals surface area contributed by atoms with Crippen LogP contribution in [0.5, 0.6) is 0 Å². The summed E-state index contributed by atoms with van der Waals surface area (Å²) in [5.41, 5.74) is -0.154. The van der Waals surface area contributed by atoms with Crippen molar-refractivity contribution in [3.8, 4) is 0 Å². The van der Waals surface area contributed by atoms with Crippen LogP contribution >= 0.6 is 11.6 Å². The molecule has 0 aliphatic carbocycles. The molecule has 6 heteroatoms. The van der Waals surface area contributed by atoms with Gasteiger partial charge in [0, 0.05) is 18.1 Å². The van der Waals surface area contributed by atoms with Gasteiger partial charge in [0.2, 0.25) is 5.43 Å². The van der Waals surface area contributed by atoms with E-state index in [0.29, 0.717) is 12.1 Å². The second kappa shape index (κ2) is 6.48. The average Bonchev–Trinajstić information content (AvgIpc) is 2.44. The number of nitrogens with zero attached hydrogens (tertiary/aromatic N) is 1. The van der Waals surface area contributed by atoms with Crippen LogP contribution in [0.4, 0.5) is 4.39 Å². The van der Waals surface area contributed by atoms with Gasteiger partial charge in [-0.15, -0.1) is 0 Å². The molecule has 0 N–H and O–H groups in total. The molecular weight excluding hydrogens is 309 g/mol. The number of pyridine rings is 1. The van der Waals surface area contributed by atoms with E-state index in [-0.39, 0.29) is 28.5 Å². The quantitative estimate of drug-likeness (QED) is 0.807. The molecule has 118 valence electrons. The smallest absolute Gasteiger partial charge is 0.343 e. The maximum absolute atomic E-state index is 13.7. The molecule has 4 nitrogen and oxygen atoms in total. The van der Waals surface area contributed by atoms with E-state index < -0.39 is 17.2 Å². The molecule has 22 heavy (non-hydrogen) atoms. The molecule has 0 atom stereocenters. The summed E-state index contributed by atoms with van der Waals surface area (Å²) in [7, 11) is 0. The first-order valence-electron chi connectivity index (χ1n) is 7.04. The molecule has 0 radical (unpaired) electrons. The van der Waals surface area contributed by atoms with Gasteiger partial charge in [0.1, 0.15) is 11.4 Å². The van der Waals surface area contributed by atoms with Crippen molar-refractivity contribution in [2.24, 2.45) is 5.92 Å². The van der Waals surface area contributed by atoms with Gasteiger partial charge in [-0.25, -0.2) is 9.18 Å². The van der Waals surface area contributed by atoms with Crippen molar-refractivity contribution in [1.29, 1.82) is 0 Å². The molecule has 0 unspecified atom stereocenters. The lowest BCUT2D eigenvalue weighted by Gasteiger charge is -2.15. The topological polar surface area (TPSA) is 48.3 Å². The molecule has 0 fully saturated rings. The fourth-order valence-electron chi connectivity index (χ4n) is 2.28. The van der Waals surface area contributed by atoms with Gasteiger partial charge in [-0.2, -0.15) is 0 Å². The van der Waals surface area contributed by atoms with E-state index in [1.807, 2.05) is 13.8 Å². The first-order valence-corrected chi connectivity index (χ1v) is 7.42. The molecule has 0 aliphatic rings. The molecule has 2 aromatic rings. The number of halogens is 2. The Bertz CT molecular complexity index is 783. The summed E-state index contributed by atoms with van der Waals surface area (Å²) in [6, 6.07) is 2.48. The van der Waals surface area contributed by atoms with Crippen LogP contribution in [-0.2, 0) is 11.3 Å². The Kier molecular flexibility index (Phi) is 4.86. The predicted molar refractivity (Wildman–Crippen MR) is 84.0 cm³/mol. The Labute approximate surface area is 132 Å². The van der Waals surface area contributed by atoms with Crippen LogP contribution < -0.4 is 5.43 Å². The number of ether oxygens (including phenoxy) is 1. The Morgan fingerprint density at radius 2 is 2.09 bits per heavy atom. The third-order valence-electron chi connectivity index (χ3n) is 3.18. The van der Waals surface area contributed by atoms with Gasteiger partial charge in [-0.1, -0.05) is 25.4 Å². The highest BCUT2D eigenvalue weighted by atomic mass is 35.5. The maximum atomic E-state index is 13.7. The number of hydrogen-bond acceptors (Lipinski definition) is 3. The zero-order valence-corrected chi connectivity index (χ0v) is 13.4. The fraction of sp³-hybridized carbons (Fsp3) is 0.375. The zero-order chi connectivity index (χ0) is 16.4. The second-order valence-electron chi connectivity index (χ2n) is 5.42. The van der Waals surface area contributed by atoms with Gasteiger partial charge in [-0.05, 0) is 25.0 Å². The molecule has 0 saturated heterocycles. The van der Waals surface area contributed by atoms with Gasteiger partial charge in [0.15, 0.2) is 0 Å². The van der Waals surface area contributed by atoms with Crippen LogP contribution in [0.25, 0.3) is 10.9 Å². The van der Waals surface area contributed by atoms with Gasteiger partial charge in [0.25, 0.3) is 0 Å². The number of aromatic nitrogens is 1. The zero-order valence-electron chi connectivity index (χ0n) is 12.7. The number of carbonyl (C=O) groups is 1. The molecule has 0 amide bonds. The molecule has 1 aromatic heterocycles. The van der Waals surface area contributed by atoms with Crippen molar-refractivity contribution in [2.45, 2.75) is 27.3 Å².